The van der Waals surface area contributed by atoms with Crippen LogP contribution in [0.3, 0.4) is 0 Å². The molecule has 0 aromatic heterocycles. The molecule has 0 heterocycles. The van der Waals surface area contributed by atoms with Gasteiger partial charge in [-0.2, -0.15) is 0 Å². The van der Waals surface area contributed by atoms with Gasteiger partial charge in [-0.05, 0) is 31.5 Å². The second-order valence-corrected chi connectivity index (χ2v) is 4.23. The molecule has 16 heavy (non-hydrogen) atoms. The fourth-order valence-corrected chi connectivity index (χ4v) is 1.53. The summed E-state index contributed by atoms with van der Waals surface area (Å²) < 4.78 is 24.0. The van der Waals surface area contributed by atoms with Crippen molar-refractivity contribution >= 4 is 15.9 Å². The van der Waals surface area contributed by atoms with Crippen LogP contribution in [0.1, 0.15) is 19.4 Å². The minimum atomic E-state index is -0.332. The quantitative estimate of drug-likeness (QED) is 0.589. The van der Waals surface area contributed by atoms with Gasteiger partial charge in [0.1, 0.15) is 6.61 Å². The molecular weight excluding hydrogens is 275 g/mol. The molecule has 0 atom stereocenters. The summed E-state index contributed by atoms with van der Waals surface area (Å²) in [6, 6.07) is 4.94. The first kappa shape index (κ1) is 13.5. The van der Waals surface area contributed by atoms with Crippen molar-refractivity contribution in [3.8, 4) is 5.75 Å². The highest BCUT2D eigenvalue weighted by atomic mass is 79.9. The minimum absolute atomic E-state index is 0.171. The average Bonchev–Trinajstić information content (AvgIpc) is 2.25. The van der Waals surface area contributed by atoms with Crippen LogP contribution in [0.25, 0.3) is 0 Å². The molecule has 2 nitrogen and oxygen atoms in total. The molecule has 0 spiro atoms. The first-order chi connectivity index (χ1) is 7.63. The van der Waals surface area contributed by atoms with Gasteiger partial charge >= 0.3 is 0 Å². The Kier molecular flexibility index (Phi) is 5.77. The van der Waals surface area contributed by atoms with E-state index in [1.165, 1.54) is 6.07 Å². The SMILES string of the molecule is CC(C)OCCOc1ccc(CBr)cc1F. The van der Waals surface area contributed by atoms with E-state index in [9.17, 15) is 4.39 Å². The van der Waals surface area contributed by atoms with Crippen molar-refractivity contribution in [3.63, 3.8) is 0 Å². The number of hydrogen-bond donors (Lipinski definition) is 0. The molecule has 0 unspecified atom stereocenters. The van der Waals surface area contributed by atoms with Crippen LogP contribution >= 0.6 is 15.9 Å². The topological polar surface area (TPSA) is 18.5 Å². The molecule has 1 aromatic carbocycles. The van der Waals surface area contributed by atoms with Crippen molar-refractivity contribution in [1.29, 1.82) is 0 Å². The Morgan fingerprint density at radius 1 is 1.31 bits per heavy atom. The maximum Gasteiger partial charge on any atom is 0.165 e. The van der Waals surface area contributed by atoms with E-state index < -0.39 is 0 Å². The van der Waals surface area contributed by atoms with Crippen molar-refractivity contribution in [2.24, 2.45) is 0 Å². The van der Waals surface area contributed by atoms with Crippen LogP contribution in [-0.4, -0.2) is 19.3 Å². The average molecular weight is 291 g/mol. The monoisotopic (exact) mass is 290 g/mol. The summed E-state index contributed by atoms with van der Waals surface area (Å²) in [5.41, 5.74) is 0.892. The third kappa shape index (κ3) is 4.49. The predicted molar refractivity (Wildman–Crippen MR) is 65.6 cm³/mol. The summed E-state index contributed by atoms with van der Waals surface area (Å²) in [4.78, 5) is 0. The highest BCUT2D eigenvalue weighted by molar-refractivity contribution is 9.08. The van der Waals surface area contributed by atoms with Gasteiger partial charge in [-0.3, -0.25) is 0 Å². The maximum absolute atomic E-state index is 13.4. The fraction of sp³-hybridized carbons (Fsp3) is 0.500. The van der Waals surface area contributed by atoms with Gasteiger partial charge in [-0.15, -0.1) is 0 Å². The third-order valence-corrected chi connectivity index (χ3v) is 2.59. The largest absolute Gasteiger partial charge is 0.488 e. The van der Waals surface area contributed by atoms with E-state index in [4.69, 9.17) is 9.47 Å². The Morgan fingerprint density at radius 3 is 2.62 bits per heavy atom. The van der Waals surface area contributed by atoms with E-state index in [2.05, 4.69) is 15.9 Å². The van der Waals surface area contributed by atoms with Crippen LogP contribution in [0.4, 0.5) is 4.39 Å². The smallest absolute Gasteiger partial charge is 0.165 e. The van der Waals surface area contributed by atoms with Gasteiger partial charge in [-0.25, -0.2) is 4.39 Å². The number of hydrogen-bond acceptors (Lipinski definition) is 2. The van der Waals surface area contributed by atoms with Crippen LogP contribution in [0, 0.1) is 5.82 Å². The molecule has 0 bridgehead atoms. The summed E-state index contributed by atoms with van der Waals surface area (Å²) in [5, 5.41) is 0.640. The Labute approximate surface area is 104 Å². The standard InChI is InChI=1S/C12H16BrFO2/c1-9(2)15-5-6-16-12-4-3-10(8-13)7-11(12)14/h3-4,7,9H,5-6,8H2,1-2H3. The number of rotatable bonds is 6. The fourth-order valence-electron chi connectivity index (χ4n) is 1.18. The van der Waals surface area contributed by atoms with E-state index in [1.54, 1.807) is 6.07 Å². The van der Waals surface area contributed by atoms with Crippen LogP contribution in [-0.2, 0) is 10.1 Å². The maximum atomic E-state index is 13.4. The zero-order valence-corrected chi connectivity index (χ0v) is 11.1. The zero-order valence-electron chi connectivity index (χ0n) is 9.50. The zero-order chi connectivity index (χ0) is 12.0. The van der Waals surface area contributed by atoms with Crippen LogP contribution in [0.5, 0.6) is 5.75 Å². The Morgan fingerprint density at radius 2 is 2.06 bits per heavy atom. The van der Waals surface area contributed by atoms with Crippen LogP contribution < -0.4 is 4.74 Å². The molecule has 0 aliphatic rings. The molecule has 0 amide bonds. The van der Waals surface area contributed by atoms with Gasteiger partial charge in [0.25, 0.3) is 0 Å². The van der Waals surface area contributed by atoms with Crippen molar-refractivity contribution in [2.75, 3.05) is 13.2 Å². The lowest BCUT2D eigenvalue weighted by molar-refractivity contribution is 0.0544. The van der Waals surface area contributed by atoms with Crippen molar-refractivity contribution in [1.82, 2.24) is 0 Å². The van der Waals surface area contributed by atoms with Crippen molar-refractivity contribution in [2.45, 2.75) is 25.3 Å². The van der Waals surface area contributed by atoms with E-state index >= 15 is 0 Å². The lowest BCUT2D eigenvalue weighted by atomic mass is 10.2. The second kappa shape index (κ2) is 6.86. The Hall–Kier alpha value is -0.610. The van der Waals surface area contributed by atoms with Crippen molar-refractivity contribution < 1.29 is 13.9 Å². The molecule has 0 saturated heterocycles. The minimum Gasteiger partial charge on any atom is -0.488 e. The van der Waals surface area contributed by atoms with Gasteiger partial charge in [0.05, 0.1) is 12.7 Å². The van der Waals surface area contributed by atoms with Crippen LogP contribution in [0.15, 0.2) is 18.2 Å². The third-order valence-electron chi connectivity index (χ3n) is 1.94. The van der Waals surface area contributed by atoms with Gasteiger partial charge in [0.15, 0.2) is 11.6 Å². The Balaban J connectivity index is 2.42. The predicted octanol–water partition coefficient (Wildman–Crippen LogP) is 3.52. The molecule has 0 aliphatic heterocycles. The molecule has 0 aliphatic carbocycles. The first-order valence-electron chi connectivity index (χ1n) is 5.22. The van der Waals surface area contributed by atoms with Crippen LogP contribution in [0.2, 0.25) is 0 Å². The Bertz CT molecular complexity index is 329. The van der Waals surface area contributed by atoms with Crippen molar-refractivity contribution in [3.05, 3.63) is 29.6 Å². The first-order valence-corrected chi connectivity index (χ1v) is 6.34. The molecule has 90 valence electrons. The van der Waals surface area contributed by atoms with Gasteiger partial charge in [0, 0.05) is 5.33 Å². The molecule has 0 N–H and O–H groups in total. The summed E-state index contributed by atoms with van der Waals surface area (Å²) >= 11 is 3.27. The van der Waals surface area contributed by atoms with E-state index in [-0.39, 0.29) is 17.7 Å². The lowest BCUT2D eigenvalue weighted by Gasteiger charge is -2.10. The lowest BCUT2D eigenvalue weighted by Crippen LogP contribution is -2.11. The summed E-state index contributed by atoms with van der Waals surface area (Å²) in [6.45, 7) is 4.73. The number of alkyl halides is 1. The van der Waals surface area contributed by atoms with E-state index in [0.717, 1.165) is 5.56 Å². The second-order valence-electron chi connectivity index (χ2n) is 3.67. The molecule has 0 radical (unpaired) electrons. The van der Waals surface area contributed by atoms with Gasteiger partial charge < -0.3 is 9.47 Å². The number of benzene rings is 1. The summed E-state index contributed by atoms with van der Waals surface area (Å²) in [7, 11) is 0. The summed E-state index contributed by atoms with van der Waals surface area (Å²) in [5.74, 6) is -0.0569. The molecule has 0 saturated carbocycles. The molecule has 1 aromatic rings. The van der Waals surface area contributed by atoms with Gasteiger partial charge in [0.2, 0.25) is 0 Å². The normalized spacial score (nSPS) is 10.8. The highest BCUT2D eigenvalue weighted by Gasteiger charge is 2.04. The highest BCUT2D eigenvalue weighted by Crippen LogP contribution is 2.19. The summed E-state index contributed by atoms with van der Waals surface area (Å²) in [6.07, 6.45) is 0.171. The van der Waals surface area contributed by atoms with E-state index in [1.807, 2.05) is 19.9 Å². The molecule has 4 heteroatoms. The van der Waals surface area contributed by atoms with E-state index in [0.29, 0.717) is 18.5 Å². The molecule has 0 fully saturated rings. The number of halogens is 2. The van der Waals surface area contributed by atoms with Gasteiger partial charge in [-0.1, -0.05) is 22.0 Å². The molecule has 1 rings (SSSR count). The molecular formula is C12H16BrFO2. The number of ether oxygens (including phenoxy) is 2.